The minimum Gasteiger partial charge on any atom is -0.457 e. The highest BCUT2D eigenvalue weighted by molar-refractivity contribution is 5.97. The molecule has 0 radical (unpaired) electrons. The van der Waals surface area contributed by atoms with E-state index in [1.165, 1.54) is 37.5 Å². The molecule has 0 saturated heterocycles. The van der Waals surface area contributed by atoms with Gasteiger partial charge in [-0.2, -0.15) is 0 Å². The summed E-state index contributed by atoms with van der Waals surface area (Å²) >= 11 is 0. The number of pyridine rings is 1. The largest absolute Gasteiger partial charge is 0.457 e. The Bertz CT molecular complexity index is 1120. The maximum Gasteiger partial charge on any atom is 0.269 e. The normalized spacial score (nSPS) is 10.6. The van der Waals surface area contributed by atoms with Crippen LogP contribution in [-0.4, -0.2) is 28.6 Å². The summed E-state index contributed by atoms with van der Waals surface area (Å²) in [5, 5.41) is 13.2. The number of hydrogen-bond acceptors (Lipinski definition) is 6. The molecule has 1 N–H and O–H groups in total. The van der Waals surface area contributed by atoms with Crippen LogP contribution in [0.4, 0.5) is 5.69 Å². The van der Waals surface area contributed by atoms with Crippen LogP contribution in [0.15, 0.2) is 72.9 Å². The molecular weight excluding hydrogens is 398 g/mol. The number of ketones is 1. The zero-order valence-corrected chi connectivity index (χ0v) is 16.6. The van der Waals surface area contributed by atoms with Crippen LogP contribution in [0.3, 0.4) is 0 Å². The van der Waals surface area contributed by atoms with Crippen molar-refractivity contribution in [3.8, 4) is 11.5 Å². The number of Topliss-reactive ketones (excluding diaryl/α,β-unsaturated/α-hetero) is 1. The highest BCUT2D eigenvalue weighted by Gasteiger charge is 2.09. The molecule has 31 heavy (non-hydrogen) atoms. The molecule has 0 aliphatic heterocycles. The summed E-state index contributed by atoms with van der Waals surface area (Å²) in [7, 11) is 1.53. The van der Waals surface area contributed by atoms with Crippen molar-refractivity contribution in [2.24, 2.45) is 0 Å². The summed E-state index contributed by atoms with van der Waals surface area (Å²) in [4.78, 5) is 38.0. The Balaban J connectivity index is 1.57. The zero-order chi connectivity index (χ0) is 22.2. The summed E-state index contributed by atoms with van der Waals surface area (Å²) in [5.41, 5.74) is 1.51. The molecule has 8 nitrogen and oxygen atoms in total. The molecule has 0 unspecified atom stereocenters. The summed E-state index contributed by atoms with van der Waals surface area (Å²) in [6.45, 7) is 0. The molecule has 0 spiro atoms. The summed E-state index contributed by atoms with van der Waals surface area (Å²) in [6, 6.07) is 16.0. The van der Waals surface area contributed by atoms with Gasteiger partial charge in [-0.3, -0.25) is 24.7 Å². The average Bonchev–Trinajstić information content (AvgIpc) is 2.80. The third kappa shape index (κ3) is 5.83. The zero-order valence-electron chi connectivity index (χ0n) is 16.6. The number of ether oxygens (including phenoxy) is 1. The fourth-order valence-corrected chi connectivity index (χ4v) is 2.70. The highest BCUT2D eigenvalue weighted by Crippen LogP contribution is 2.22. The number of amides is 1. The van der Waals surface area contributed by atoms with Gasteiger partial charge < -0.3 is 10.1 Å². The number of non-ortho nitro benzene ring substituents is 1. The van der Waals surface area contributed by atoms with E-state index in [0.717, 1.165) is 5.56 Å². The molecule has 0 saturated carbocycles. The van der Waals surface area contributed by atoms with Crippen molar-refractivity contribution in [2.45, 2.75) is 6.42 Å². The first-order valence-electron chi connectivity index (χ1n) is 9.36. The van der Waals surface area contributed by atoms with Crippen molar-refractivity contribution in [3.05, 3.63) is 99.9 Å². The van der Waals surface area contributed by atoms with Crippen molar-refractivity contribution in [2.75, 3.05) is 7.05 Å². The molecule has 8 heteroatoms. The van der Waals surface area contributed by atoms with E-state index in [1.807, 2.05) is 18.2 Å². The van der Waals surface area contributed by atoms with E-state index >= 15 is 0 Å². The van der Waals surface area contributed by atoms with E-state index in [-0.39, 0.29) is 29.5 Å². The SMILES string of the molecule is CNC(=O)c1cc(Oc2ccc(/C=C/CC(=O)c3ccc([N+](=O)[O-])cc3)cc2)ccn1. The number of nitrogens with zero attached hydrogens (tertiary/aromatic N) is 2. The van der Waals surface area contributed by atoms with Gasteiger partial charge in [-0.1, -0.05) is 24.3 Å². The summed E-state index contributed by atoms with van der Waals surface area (Å²) in [5.74, 6) is 0.656. The lowest BCUT2D eigenvalue weighted by Crippen LogP contribution is -2.18. The molecule has 0 aliphatic rings. The molecule has 0 fully saturated rings. The Labute approximate surface area is 178 Å². The lowest BCUT2D eigenvalue weighted by molar-refractivity contribution is -0.384. The molecular formula is C23H19N3O5. The van der Waals surface area contributed by atoms with Gasteiger partial charge in [0.05, 0.1) is 4.92 Å². The van der Waals surface area contributed by atoms with E-state index in [1.54, 1.807) is 30.3 Å². The van der Waals surface area contributed by atoms with E-state index in [9.17, 15) is 19.7 Å². The third-order valence-corrected chi connectivity index (χ3v) is 4.32. The number of nitro benzene ring substituents is 1. The standard InChI is InChI=1S/C23H19N3O5/c1-24-23(28)21-15-20(13-14-25-21)31-19-11-5-16(6-12-19)3-2-4-22(27)17-7-9-18(10-8-17)26(29)30/h2-3,5-15H,4H2,1H3,(H,24,28)/b3-2+. The second kappa shape index (κ2) is 9.93. The number of aromatic nitrogens is 1. The quantitative estimate of drug-likeness (QED) is 0.330. The maximum absolute atomic E-state index is 12.2. The Kier molecular flexibility index (Phi) is 6.85. The molecule has 1 amide bonds. The number of nitro groups is 1. The Hall–Kier alpha value is -4.33. The van der Waals surface area contributed by atoms with Crippen LogP contribution in [0.25, 0.3) is 6.08 Å². The molecule has 0 atom stereocenters. The summed E-state index contributed by atoms with van der Waals surface area (Å²) in [6.07, 6.45) is 5.22. The molecule has 0 aliphatic carbocycles. The smallest absolute Gasteiger partial charge is 0.269 e. The van der Waals surface area contributed by atoms with Crippen LogP contribution >= 0.6 is 0 Å². The molecule has 1 aromatic heterocycles. The van der Waals surface area contributed by atoms with Gasteiger partial charge in [0.15, 0.2) is 5.78 Å². The number of benzene rings is 2. The molecule has 3 rings (SSSR count). The minimum atomic E-state index is -0.503. The van der Waals surface area contributed by atoms with Crippen LogP contribution in [0.5, 0.6) is 11.5 Å². The van der Waals surface area contributed by atoms with Crippen molar-refractivity contribution in [3.63, 3.8) is 0 Å². The lowest BCUT2D eigenvalue weighted by atomic mass is 10.1. The van der Waals surface area contributed by atoms with E-state index in [2.05, 4.69) is 10.3 Å². The van der Waals surface area contributed by atoms with Crippen LogP contribution in [0.1, 0.15) is 32.8 Å². The number of carbonyl (C=O) groups is 2. The van der Waals surface area contributed by atoms with Crippen molar-refractivity contribution in [1.29, 1.82) is 0 Å². The molecule has 3 aromatic rings. The van der Waals surface area contributed by atoms with Gasteiger partial charge in [0, 0.05) is 43.4 Å². The number of hydrogen-bond donors (Lipinski definition) is 1. The fourth-order valence-electron chi connectivity index (χ4n) is 2.70. The van der Waals surface area contributed by atoms with E-state index < -0.39 is 4.92 Å². The number of rotatable bonds is 8. The number of allylic oxidation sites excluding steroid dienone is 1. The molecule has 2 aromatic carbocycles. The number of carbonyl (C=O) groups excluding carboxylic acids is 2. The van der Waals surface area contributed by atoms with Gasteiger partial charge in [-0.15, -0.1) is 0 Å². The maximum atomic E-state index is 12.2. The van der Waals surface area contributed by atoms with Crippen molar-refractivity contribution in [1.82, 2.24) is 10.3 Å². The molecule has 0 bridgehead atoms. The van der Waals surface area contributed by atoms with Crippen molar-refractivity contribution < 1.29 is 19.2 Å². The predicted molar refractivity (Wildman–Crippen MR) is 115 cm³/mol. The third-order valence-electron chi connectivity index (χ3n) is 4.32. The lowest BCUT2D eigenvalue weighted by Gasteiger charge is -2.07. The number of nitrogens with one attached hydrogen (secondary N) is 1. The van der Waals surface area contributed by atoms with Crippen LogP contribution in [0.2, 0.25) is 0 Å². The monoisotopic (exact) mass is 417 g/mol. The Morgan fingerprint density at radius 1 is 1.06 bits per heavy atom. The highest BCUT2D eigenvalue weighted by atomic mass is 16.6. The Morgan fingerprint density at radius 3 is 2.42 bits per heavy atom. The van der Waals surface area contributed by atoms with Gasteiger partial charge in [0.1, 0.15) is 17.2 Å². The van der Waals surface area contributed by atoms with Gasteiger partial charge in [-0.05, 0) is 35.9 Å². The van der Waals surface area contributed by atoms with E-state index in [4.69, 9.17) is 4.74 Å². The second-order valence-electron chi connectivity index (χ2n) is 6.46. The predicted octanol–water partition coefficient (Wildman–Crippen LogP) is 4.43. The average molecular weight is 417 g/mol. The minimum absolute atomic E-state index is 0.0500. The first-order valence-corrected chi connectivity index (χ1v) is 9.36. The Morgan fingerprint density at radius 2 is 1.77 bits per heavy atom. The first-order chi connectivity index (χ1) is 15.0. The fraction of sp³-hybridized carbons (Fsp3) is 0.0870. The van der Waals surface area contributed by atoms with Crippen molar-refractivity contribution >= 4 is 23.5 Å². The van der Waals surface area contributed by atoms with Crippen LogP contribution < -0.4 is 10.1 Å². The first kappa shape index (κ1) is 21.4. The van der Waals surface area contributed by atoms with Gasteiger partial charge in [0.25, 0.3) is 11.6 Å². The van der Waals surface area contributed by atoms with Crippen LogP contribution in [-0.2, 0) is 0 Å². The van der Waals surface area contributed by atoms with Gasteiger partial charge >= 0.3 is 0 Å². The van der Waals surface area contributed by atoms with Gasteiger partial charge in [-0.25, -0.2) is 0 Å². The molecule has 156 valence electrons. The summed E-state index contributed by atoms with van der Waals surface area (Å²) < 4.78 is 5.75. The second-order valence-corrected chi connectivity index (χ2v) is 6.46. The van der Waals surface area contributed by atoms with Gasteiger partial charge in [0.2, 0.25) is 0 Å². The topological polar surface area (TPSA) is 111 Å². The molecule has 1 heterocycles. The van der Waals surface area contributed by atoms with Crippen LogP contribution in [0, 0.1) is 10.1 Å². The van der Waals surface area contributed by atoms with E-state index in [0.29, 0.717) is 17.1 Å².